The number of hydrogen-bond acceptors (Lipinski definition) is 2. The average Bonchev–Trinajstić information content (AvgIpc) is 2.55. The molecule has 0 radical (unpaired) electrons. The van der Waals surface area contributed by atoms with E-state index in [0.29, 0.717) is 18.7 Å². The molecule has 22 heavy (non-hydrogen) atoms. The summed E-state index contributed by atoms with van der Waals surface area (Å²) in [4.78, 5) is 27.8. The minimum atomic E-state index is -0.387. The van der Waals surface area contributed by atoms with Gasteiger partial charge in [0.1, 0.15) is 12.4 Å². The molecule has 1 saturated heterocycles. The summed E-state index contributed by atoms with van der Waals surface area (Å²) < 4.78 is 12.9. The van der Waals surface area contributed by atoms with Crippen LogP contribution >= 0.6 is 0 Å². The summed E-state index contributed by atoms with van der Waals surface area (Å²) in [6, 6.07) is 14.7. The van der Waals surface area contributed by atoms with E-state index < -0.39 is 0 Å². The number of rotatable bonds is 2. The van der Waals surface area contributed by atoms with Gasteiger partial charge in [0.05, 0.1) is 0 Å². The van der Waals surface area contributed by atoms with E-state index in [2.05, 4.69) is 0 Å². The molecular weight excluding hydrogens is 283 g/mol. The highest BCUT2D eigenvalue weighted by Gasteiger charge is 2.28. The monoisotopic (exact) mass is 298 g/mol. The van der Waals surface area contributed by atoms with Crippen LogP contribution in [0.3, 0.4) is 0 Å². The van der Waals surface area contributed by atoms with Gasteiger partial charge in [-0.25, -0.2) is 4.39 Å². The van der Waals surface area contributed by atoms with E-state index in [9.17, 15) is 14.0 Å². The highest BCUT2D eigenvalue weighted by Crippen LogP contribution is 2.18. The summed E-state index contributed by atoms with van der Waals surface area (Å²) >= 11 is 0. The molecule has 3 rings (SSSR count). The van der Waals surface area contributed by atoms with Crippen LogP contribution in [-0.4, -0.2) is 36.3 Å². The van der Waals surface area contributed by atoms with Crippen molar-refractivity contribution in [2.24, 2.45) is 0 Å². The van der Waals surface area contributed by atoms with Crippen LogP contribution in [0.5, 0.6) is 0 Å². The minimum absolute atomic E-state index is 0.0328. The first-order valence-electron chi connectivity index (χ1n) is 7.05. The molecule has 0 N–H and O–H groups in total. The quantitative estimate of drug-likeness (QED) is 0.853. The number of carbonyl (C=O) groups is 2. The standard InChI is InChI=1S/C17H15FN2O2/c18-14-8-6-13(7-9-14)17(22)19-10-11-20(16(21)12-19)15-4-2-1-3-5-15/h1-9H,10-12H2. The van der Waals surface area contributed by atoms with Gasteiger partial charge >= 0.3 is 0 Å². The smallest absolute Gasteiger partial charge is 0.254 e. The van der Waals surface area contributed by atoms with Gasteiger partial charge in [0.2, 0.25) is 5.91 Å². The Labute approximate surface area is 127 Å². The van der Waals surface area contributed by atoms with E-state index in [-0.39, 0.29) is 24.2 Å². The van der Waals surface area contributed by atoms with Gasteiger partial charge in [-0.1, -0.05) is 18.2 Å². The molecule has 0 aliphatic carbocycles. The number of carbonyl (C=O) groups excluding carboxylic acids is 2. The summed E-state index contributed by atoms with van der Waals surface area (Å²) in [5.74, 6) is -0.754. The van der Waals surface area contributed by atoms with Crippen LogP contribution in [0.15, 0.2) is 54.6 Å². The molecule has 2 amide bonds. The second-order valence-corrected chi connectivity index (χ2v) is 5.11. The van der Waals surface area contributed by atoms with Crippen molar-refractivity contribution in [3.05, 3.63) is 66.0 Å². The second-order valence-electron chi connectivity index (χ2n) is 5.11. The molecule has 1 aliphatic heterocycles. The lowest BCUT2D eigenvalue weighted by atomic mass is 10.1. The normalized spacial score (nSPS) is 15.0. The maximum Gasteiger partial charge on any atom is 0.254 e. The van der Waals surface area contributed by atoms with Crippen LogP contribution in [0.1, 0.15) is 10.4 Å². The Morgan fingerprint density at radius 2 is 1.64 bits per heavy atom. The zero-order valence-corrected chi connectivity index (χ0v) is 11.9. The van der Waals surface area contributed by atoms with Crippen molar-refractivity contribution < 1.29 is 14.0 Å². The van der Waals surface area contributed by atoms with Crippen molar-refractivity contribution in [1.29, 1.82) is 0 Å². The zero-order chi connectivity index (χ0) is 15.5. The van der Waals surface area contributed by atoms with Gasteiger partial charge in [0.25, 0.3) is 5.91 Å². The molecule has 1 fully saturated rings. The minimum Gasteiger partial charge on any atom is -0.328 e. The number of anilines is 1. The summed E-state index contributed by atoms with van der Waals surface area (Å²) in [6.45, 7) is 0.942. The number of halogens is 1. The van der Waals surface area contributed by atoms with Crippen LogP contribution in [0.2, 0.25) is 0 Å². The lowest BCUT2D eigenvalue weighted by Gasteiger charge is -2.34. The Kier molecular flexibility index (Phi) is 3.87. The van der Waals surface area contributed by atoms with Crippen LogP contribution in [0.4, 0.5) is 10.1 Å². The van der Waals surface area contributed by atoms with E-state index in [0.717, 1.165) is 5.69 Å². The van der Waals surface area contributed by atoms with Gasteiger partial charge in [-0.05, 0) is 36.4 Å². The molecule has 112 valence electrons. The van der Waals surface area contributed by atoms with Crippen molar-refractivity contribution >= 4 is 17.5 Å². The summed E-state index contributed by atoms with van der Waals surface area (Å²) in [6.07, 6.45) is 0. The van der Waals surface area contributed by atoms with Crippen LogP contribution in [0, 0.1) is 5.82 Å². The fraction of sp³-hybridized carbons (Fsp3) is 0.176. The topological polar surface area (TPSA) is 40.6 Å². The number of amides is 2. The Hall–Kier alpha value is -2.69. The first-order valence-corrected chi connectivity index (χ1v) is 7.05. The summed E-state index contributed by atoms with van der Waals surface area (Å²) in [5, 5.41) is 0. The van der Waals surface area contributed by atoms with Gasteiger partial charge in [-0.2, -0.15) is 0 Å². The Bertz CT molecular complexity index is 686. The predicted octanol–water partition coefficient (Wildman–Crippen LogP) is 2.31. The average molecular weight is 298 g/mol. The maximum absolute atomic E-state index is 12.9. The Morgan fingerprint density at radius 1 is 0.955 bits per heavy atom. The van der Waals surface area contributed by atoms with Crippen molar-refractivity contribution in [2.75, 3.05) is 24.5 Å². The molecule has 0 bridgehead atoms. The summed E-state index contributed by atoms with van der Waals surface area (Å²) in [5.41, 5.74) is 1.23. The molecule has 1 heterocycles. The van der Waals surface area contributed by atoms with Crippen LogP contribution < -0.4 is 4.90 Å². The van der Waals surface area contributed by atoms with E-state index in [1.54, 1.807) is 4.90 Å². The first-order chi connectivity index (χ1) is 10.6. The van der Waals surface area contributed by atoms with Crippen molar-refractivity contribution in [3.63, 3.8) is 0 Å². The Morgan fingerprint density at radius 3 is 2.27 bits per heavy atom. The number of piperazine rings is 1. The van der Waals surface area contributed by atoms with E-state index >= 15 is 0 Å². The molecule has 2 aromatic carbocycles. The molecule has 2 aromatic rings. The number of nitrogens with zero attached hydrogens (tertiary/aromatic N) is 2. The van der Waals surface area contributed by atoms with Gasteiger partial charge in [-0.3, -0.25) is 9.59 Å². The highest BCUT2D eigenvalue weighted by atomic mass is 19.1. The largest absolute Gasteiger partial charge is 0.328 e. The molecular formula is C17H15FN2O2. The number of para-hydroxylation sites is 1. The fourth-order valence-corrected chi connectivity index (χ4v) is 2.50. The van der Waals surface area contributed by atoms with Gasteiger partial charge in [0.15, 0.2) is 0 Å². The molecule has 1 aliphatic rings. The first kappa shape index (κ1) is 14.3. The van der Waals surface area contributed by atoms with Gasteiger partial charge in [-0.15, -0.1) is 0 Å². The van der Waals surface area contributed by atoms with E-state index in [1.807, 2.05) is 30.3 Å². The van der Waals surface area contributed by atoms with Crippen molar-refractivity contribution in [3.8, 4) is 0 Å². The zero-order valence-electron chi connectivity index (χ0n) is 11.9. The van der Waals surface area contributed by atoms with E-state index in [1.165, 1.54) is 29.2 Å². The fourth-order valence-electron chi connectivity index (χ4n) is 2.50. The third-order valence-electron chi connectivity index (χ3n) is 3.67. The molecule has 0 unspecified atom stereocenters. The third kappa shape index (κ3) is 2.83. The summed E-state index contributed by atoms with van der Waals surface area (Å²) in [7, 11) is 0. The van der Waals surface area contributed by atoms with Crippen molar-refractivity contribution in [1.82, 2.24) is 4.90 Å². The van der Waals surface area contributed by atoms with Crippen molar-refractivity contribution in [2.45, 2.75) is 0 Å². The molecule has 0 aromatic heterocycles. The lowest BCUT2D eigenvalue weighted by Crippen LogP contribution is -2.52. The molecule has 0 atom stereocenters. The second kappa shape index (κ2) is 5.97. The molecule has 0 spiro atoms. The molecule has 5 heteroatoms. The van der Waals surface area contributed by atoms with Crippen LogP contribution in [0.25, 0.3) is 0 Å². The van der Waals surface area contributed by atoms with E-state index in [4.69, 9.17) is 0 Å². The Balaban J connectivity index is 1.71. The lowest BCUT2D eigenvalue weighted by molar-refractivity contribution is -0.120. The van der Waals surface area contributed by atoms with Gasteiger partial charge < -0.3 is 9.80 Å². The molecule has 0 saturated carbocycles. The van der Waals surface area contributed by atoms with Crippen LogP contribution in [-0.2, 0) is 4.79 Å². The molecule has 4 nitrogen and oxygen atoms in total. The van der Waals surface area contributed by atoms with Gasteiger partial charge in [0, 0.05) is 24.3 Å². The third-order valence-corrected chi connectivity index (χ3v) is 3.67. The SMILES string of the molecule is O=C(c1ccc(F)cc1)N1CCN(c2ccccc2)C(=O)C1. The maximum atomic E-state index is 12.9. The predicted molar refractivity (Wildman–Crippen MR) is 81.1 cm³/mol. The number of hydrogen-bond donors (Lipinski definition) is 0. The number of benzene rings is 2. The highest BCUT2D eigenvalue weighted by molar-refractivity contribution is 6.01.